The van der Waals surface area contributed by atoms with Crippen molar-refractivity contribution in [1.29, 1.82) is 0 Å². The third kappa shape index (κ3) is 3.21. The van der Waals surface area contributed by atoms with E-state index in [1.54, 1.807) is 7.11 Å². The molecule has 0 aliphatic heterocycles. The summed E-state index contributed by atoms with van der Waals surface area (Å²) in [4.78, 5) is 0. The van der Waals surface area contributed by atoms with Crippen molar-refractivity contribution in [3.8, 4) is 0 Å². The first-order valence-electron chi connectivity index (χ1n) is 7.83. The summed E-state index contributed by atoms with van der Waals surface area (Å²) in [6.07, 6.45) is 12.6. The summed E-state index contributed by atoms with van der Waals surface area (Å²) in [7, 11) is 1.71. The molecule has 0 amide bonds. The van der Waals surface area contributed by atoms with Gasteiger partial charge in [0.05, 0.1) is 26.6 Å². The number of benzene rings is 1. The number of rotatable bonds is 6. The molecule has 0 radical (unpaired) electrons. The van der Waals surface area contributed by atoms with Crippen LogP contribution in [0.2, 0.25) is 0 Å². The molecule has 1 aromatic rings. The van der Waals surface area contributed by atoms with Gasteiger partial charge in [-0.1, -0.05) is 42.5 Å². The Labute approximate surface area is 127 Å². The van der Waals surface area contributed by atoms with Crippen molar-refractivity contribution in [2.24, 2.45) is 17.3 Å². The maximum Gasteiger partial charge on any atom is 0.0787 e. The first kappa shape index (κ1) is 14.4. The molecule has 0 spiro atoms. The van der Waals surface area contributed by atoms with Crippen LogP contribution in [0.5, 0.6) is 0 Å². The Morgan fingerprint density at radius 2 is 2.14 bits per heavy atom. The van der Waals surface area contributed by atoms with Crippen LogP contribution in [0.3, 0.4) is 0 Å². The minimum Gasteiger partial charge on any atom is -0.505 e. The molecule has 1 saturated carbocycles. The van der Waals surface area contributed by atoms with Gasteiger partial charge in [-0.3, -0.25) is 0 Å². The van der Waals surface area contributed by atoms with Crippen LogP contribution < -0.4 is 0 Å². The smallest absolute Gasteiger partial charge is 0.0787 e. The molecule has 2 bridgehead atoms. The Balaban J connectivity index is 1.64. The van der Waals surface area contributed by atoms with E-state index in [2.05, 4.69) is 42.5 Å². The van der Waals surface area contributed by atoms with Gasteiger partial charge in [0.2, 0.25) is 0 Å². The molecular weight excluding hydrogens is 260 g/mol. The average Bonchev–Trinajstić information content (AvgIpc) is 2.55. The zero-order chi connectivity index (χ0) is 14.5. The summed E-state index contributed by atoms with van der Waals surface area (Å²) in [6.45, 7) is 1.49. The van der Waals surface area contributed by atoms with Crippen molar-refractivity contribution in [2.45, 2.75) is 25.9 Å². The van der Waals surface area contributed by atoms with Gasteiger partial charge >= 0.3 is 0 Å². The fourth-order valence-corrected chi connectivity index (χ4v) is 3.63. The lowest BCUT2D eigenvalue weighted by Crippen LogP contribution is -2.41. The standard InChI is InChI=1S/C19H24O2/c1-20-12-9-18-13-16-7-10-19(18,11-8-16)15-21-14-17-5-3-2-4-6-17/h2-7,9-10,12,16,18H,8,11,13-15H2,1H3/b12-9+/t16-,18-,19+/m1/s1. The van der Waals surface area contributed by atoms with Crippen molar-refractivity contribution in [3.63, 3.8) is 0 Å². The number of hydrogen-bond donors (Lipinski definition) is 0. The second kappa shape index (κ2) is 6.48. The number of methoxy groups -OCH3 is 1. The topological polar surface area (TPSA) is 18.5 Å². The second-order valence-electron chi connectivity index (χ2n) is 6.28. The number of ether oxygens (including phenoxy) is 2. The molecule has 112 valence electrons. The molecule has 3 aliphatic carbocycles. The van der Waals surface area contributed by atoms with Crippen LogP contribution >= 0.6 is 0 Å². The maximum absolute atomic E-state index is 6.06. The molecule has 0 saturated heterocycles. The molecule has 0 unspecified atom stereocenters. The predicted molar refractivity (Wildman–Crippen MR) is 84.7 cm³/mol. The lowest BCUT2D eigenvalue weighted by Gasteiger charge is -2.47. The van der Waals surface area contributed by atoms with Crippen LogP contribution in [0.4, 0.5) is 0 Å². The molecule has 0 heterocycles. The van der Waals surface area contributed by atoms with Gasteiger partial charge in [0.25, 0.3) is 0 Å². The van der Waals surface area contributed by atoms with E-state index in [1.165, 1.54) is 24.8 Å². The number of allylic oxidation sites excluding steroid dienone is 2. The largest absolute Gasteiger partial charge is 0.505 e. The molecule has 1 fully saturated rings. The monoisotopic (exact) mass is 284 g/mol. The molecular formula is C19H24O2. The zero-order valence-corrected chi connectivity index (χ0v) is 12.7. The maximum atomic E-state index is 6.06. The van der Waals surface area contributed by atoms with Crippen molar-refractivity contribution < 1.29 is 9.47 Å². The van der Waals surface area contributed by atoms with Crippen molar-refractivity contribution >= 4 is 0 Å². The fraction of sp³-hybridized carbons (Fsp3) is 0.474. The molecule has 4 rings (SSSR count). The van der Waals surface area contributed by atoms with E-state index in [0.29, 0.717) is 12.5 Å². The van der Waals surface area contributed by atoms with E-state index in [-0.39, 0.29) is 5.41 Å². The van der Waals surface area contributed by atoms with E-state index in [9.17, 15) is 0 Å². The van der Waals surface area contributed by atoms with Crippen LogP contribution in [-0.2, 0) is 16.1 Å². The molecule has 3 aliphatic rings. The van der Waals surface area contributed by atoms with E-state index in [1.807, 2.05) is 12.3 Å². The van der Waals surface area contributed by atoms with Gasteiger partial charge < -0.3 is 9.47 Å². The predicted octanol–water partition coefficient (Wildman–Crippen LogP) is 4.34. The highest BCUT2D eigenvalue weighted by molar-refractivity contribution is 5.18. The third-order valence-electron chi connectivity index (χ3n) is 4.91. The first-order valence-corrected chi connectivity index (χ1v) is 7.83. The van der Waals surface area contributed by atoms with Gasteiger partial charge in [-0.05, 0) is 42.7 Å². The van der Waals surface area contributed by atoms with E-state index >= 15 is 0 Å². The Kier molecular flexibility index (Phi) is 4.45. The average molecular weight is 284 g/mol. The minimum atomic E-state index is 0.165. The van der Waals surface area contributed by atoms with Crippen molar-refractivity contribution in [3.05, 3.63) is 60.4 Å². The van der Waals surface area contributed by atoms with Crippen LogP contribution in [0.25, 0.3) is 0 Å². The lowest BCUT2D eigenvalue weighted by atomic mass is 9.59. The van der Waals surface area contributed by atoms with E-state index < -0.39 is 0 Å². The first-order chi connectivity index (χ1) is 10.3. The van der Waals surface area contributed by atoms with Gasteiger partial charge in [-0.25, -0.2) is 0 Å². The van der Waals surface area contributed by atoms with Crippen LogP contribution in [0.1, 0.15) is 24.8 Å². The van der Waals surface area contributed by atoms with Crippen molar-refractivity contribution in [2.75, 3.05) is 13.7 Å². The van der Waals surface area contributed by atoms with Crippen LogP contribution in [0.15, 0.2) is 54.8 Å². The highest BCUT2D eigenvalue weighted by atomic mass is 16.5. The zero-order valence-electron chi connectivity index (χ0n) is 12.7. The Morgan fingerprint density at radius 1 is 1.29 bits per heavy atom. The van der Waals surface area contributed by atoms with E-state index in [4.69, 9.17) is 9.47 Å². The Bertz CT molecular complexity index is 506. The summed E-state index contributed by atoms with van der Waals surface area (Å²) in [5, 5.41) is 0. The Hall–Kier alpha value is -1.54. The van der Waals surface area contributed by atoms with Crippen molar-refractivity contribution in [1.82, 2.24) is 0 Å². The molecule has 2 nitrogen and oxygen atoms in total. The summed E-state index contributed by atoms with van der Waals surface area (Å²) >= 11 is 0. The van der Waals surface area contributed by atoms with E-state index in [0.717, 1.165) is 12.5 Å². The molecule has 0 N–H and O–H groups in total. The normalized spacial score (nSPS) is 30.9. The lowest BCUT2D eigenvalue weighted by molar-refractivity contribution is 0.00337. The molecule has 3 atom stereocenters. The summed E-state index contributed by atoms with van der Waals surface area (Å²) < 4.78 is 11.2. The minimum absolute atomic E-state index is 0.165. The van der Waals surface area contributed by atoms with Gasteiger partial charge in [0.1, 0.15) is 0 Å². The molecule has 21 heavy (non-hydrogen) atoms. The summed E-state index contributed by atoms with van der Waals surface area (Å²) in [5.41, 5.74) is 1.41. The Morgan fingerprint density at radius 3 is 2.86 bits per heavy atom. The summed E-state index contributed by atoms with van der Waals surface area (Å²) in [6, 6.07) is 10.4. The molecule has 1 aromatic carbocycles. The SMILES string of the molecule is CO/C=C/[C@@H]1C[C@@H]2C=C[C@@]1(COCc1ccccc1)CC2. The van der Waals surface area contributed by atoms with Crippen LogP contribution in [0, 0.1) is 17.3 Å². The van der Waals surface area contributed by atoms with Gasteiger partial charge in [0, 0.05) is 5.41 Å². The van der Waals surface area contributed by atoms with Crippen LogP contribution in [-0.4, -0.2) is 13.7 Å². The second-order valence-corrected chi connectivity index (χ2v) is 6.28. The number of hydrogen-bond acceptors (Lipinski definition) is 2. The molecule has 2 heteroatoms. The third-order valence-corrected chi connectivity index (χ3v) is 4.91. The summed E-state index contributed by atoms with van der Waals surface area (Å²) in [5.74, 6) is 1.28. The number of fused-ring (bicyclic) bond motifs is 2. The fourth-order valence-electron chi connectivity index (χ4n) is 3.63. The highest BCUT2D eigenvalue weighted by Gasteiger charge is 2.43. The van der Waals surface area contributed by atoms with Gasteiger partial charge in [-0.2, -0.15) is 0 Å². The van der Waals surface area contributed by atoms with Gasteiger partial charge in [-0.15, -0.1) is 0 Å². The quantitative estimate of drug-likeness (QED) is 0.571. The van der Waals surface area contributed by atoms with Gasteiger partial charge in [0.15, 0.2) is 0 Å². The highest BCUT2D eigenvalue weighted by Crippen LogP contribution is 2.50. The molecule has 0 aromatic heterocycles.